The van der Waals surface area contributed by atoms with Crippen molar-refractivity contribution in [2.75, 3.05) is 26.4 Å². The predicted molar refractivity (Wildman–Crippen MR) is 302 cm³/mol. The smallest absolute Gasteiger partial charge is 0.306 e. The highest BCUT2D eigenvalue weighted by Crippen LogP contribution is 2.23. The summed E-state index contributed by atoms with van der Waals surface area (Å²) in [4.78, 5) is 12.9. The van der Waals surface area contributed by atoms with E-state index in [1.165, 1.54) is 109 Å². The molecule has 0 spiro atoms. The second-order valence-corrected chi connectivity index (χ2v) is 19.4. The Morgan fingerprint density at radius 3 is 1.28 bits per heavy atom. The molecule has 1 saturated heterocycles. The number of allylic oxidation sites excluding steroid dienone is 18. The van der Waals surface area contributed by atoms with E-state index in [0.717, 1.165) is 83.5 Å². The van der Waals surface area contributed by atoms with Crippen LogP contribution >= 0.6 is 0 Å². The van der Waals surface area contributed by atoms with E-state index in [1.54, 1.807) is 0 Å². The lowest BCUT2D eigenvalue weighted by molar-refractivity contribution is -0.305. The topological polar surface area (TPSA) is 135 Å². The third kappa shape index (κ3) is 42.2. The number of aliphatic hydroxyl groups excluding tert-OH is 4. The Labute approximate surface area is 440 Å². The van der Waals surface area contributed by atoms with E-state index in [2.05, 4.69) is 123 Å². The summed E-state index contributed by atoms with van der Waals surface area (Å²) in [6.07, 6.45) is 68.4. The second-order valence-electron chi connectivity index (χ2n) is 19.4. The number of rotatable bonds is 49. The average Bonchev–Trinajstić information content (AvgIpc) is 3.38. The average molecular weight is 1010 g/mol. The zero-order valence-corrected chi connectivity index (χ0v) is 45.6. The highest BCUT2D eigenvalue weighted by Gasteiger charge is 2.44. The van der Waals surface area contributed by atoms with Gasteiger partial charge in [-0.15, -0.1) is 0 Å². The van der Waals surface area contributed by atoms with Crippen LogP contribution < -0.4 is 0 Å². The van der Waals surface area contributed by atoms with Crippen LogP contribution in [0.15, 0.2) is 109 Å². The minimum Gasteiger partial charge on any atom is -0.457 e. The molecule has 9 nitrogen and oxygen atoms in total. The summed E-state index contributed by atoms with van der Waals surface area (Å²) in [5.74, 6) is -0.348. The van der Waals surface area contributed by atoms with Gasteiger partial charge in [0.1, 0.15) is 30.5 Å². The first-order valence-electron chi connectivity index (χ1n) is 29.0. The van der Waals surface area contributed by atoms with Crippen LogP contribution in [0.2, 0.25) is 0 Å². The molecule has 72 heavy (non-hydrogen) atoms. The Kier molecular flexibility index (Phi) is 48.9. The molecular weight excluding hydrogens is 901 g/mol. The first-order chi connectivity index (χ1) is 35.4. The van der Waals surface area contributed by atoms with E-state index in [4.69, 9.17) is 18.9 Å². The summed E-state index contributed by atoms with van der Waals surface area (Å²) < 4.78 is 22.9. The highest BCUT2D eigenvalue weighted by molar-refractivity contribution is 5.69. The molecule has 0 aromatic rings. The summed E-state index contributed by atoms with van der Waals surface area (Å²) in [7, 11) is 0. The molecule has 4 N–H and O–H groups in total. The van der Waals surface area contributed by atoms with Crippen molar-refractivity contribution in [1.29, 1.82) is 0 Å². The molecule has 1 fully saturated rings. The molecule has 1 heterocycles. The minimum atomic E-state index is -1.55. The van der Waals surface area contributed by atoms with E-state index in [9.17, 15) is 25.2 Å². The summed E-state index contributed by atoms with van der Waals surface area (Å²) in [5.41, 5.74) is 0. The number of hydrogen-bond donors (Lipinski definition) is 4. The standard InChI is InChI=1S/C63H106O9/c1-3-5-7-9-11-13-15-17-19-21-23-25-27-29-30-32-34-36-38-40-42-44-46-48-50-52-59(65)71-57(56-70-63-62(68)61(67)60(66)58(54-64)72-63)55-69-53-51-49-47-45-43-41-39-37-35-33-31-28-26-24-22-20-18-16-14-12-10-8-6-4-2/h5,7,11,13,16-19,22-25,29-30,34,36,40,42,57-58,60-64,66-68H,3-4,6,8-10,12,14-15,20-21,26-28,31-33,35,37-39,41,43-56H2,1-2H3/b7-5-,13-11-,18-16-,19-17-,24-22-,25-23-,30-29-,36-34-,42-40-. The van der Waals surface area contributed by atoms with Crippen LogP contribution in [-0.2, 0) is 23.7 Å². The number of carbonyl (C=O) groups excluding carboxylic acids is 1. The monoisotopic (exact) mass is 1010 g/mol. The molecular formula is C63H106O9. The lowest BCUT2D eigenvalue weighted by atomic mass is 9.99. The number of hydrogen-bond acceptors (Lipinski definition) is 9. The fourth-order valence-corrected chi connectivity index (χ4v) is 8.21. The molecule has 0 saturated carbocycles. The van der Waals surface area contributed by atoms with Gasteiger partial charge in [-0.3, -0.25) is 4.79 Å². The van der Waals surface area contributed by atoms with Crippen LogP contribution in [0.5, 0.6) is 0 Å². The van der Waals surface area contributed by atoms with Crippen molar-refractivity contribution in [2.24, 2.45) is 0 Å². The number of esters is 1. The molecule has 0 aliphatic carbocycles. The second kappa shape index (κ2) is 52.7. The Hall–Kier alpha value is -3.15. The van der Waals surface area contributed by atoms with Crippen molar-refractivity contribution in [3.63, 3.8) is 0 Å². The zero-order valence-electron chi connectivity index (χ0n) is 45.6. The highest BCUT2D eigenvalue weighted by atomic mass is 16.7. The van der Waals surface area contributed by atoms with Crippen molar-refractivity contribution in [2.45, 2.75) is 256 Å². The molecule has 0 amide bonds. The predicted octanol–water partition coefficient (Wildman–Crippen LogP) is 15.3. The quantitative estimate of drug-likeness (QED) is 0.0267. The summed E-state index contributed by atoms with van der Waals surface area (Å²) >= 11 is 0. The Balaban J connectivity index is 2.21. The van der Waals surface area contributed by atoms with E-state index in [1.807, 2.05) is 0 Å². The third-order valence-corrected chi connectivity index (χ3v) is 12.7. The Bertz CT molecular complexity index is 1470. The largest absolute Gasteiger partial charge is 0.457 e. The molecule has 1 rings (SSSR count). The molecule has 0 aromatic carbocycles. The molecule has 1 aliphatic heterocycles. The van der Waals surface area contributed by atoms with E-state index in [0.29, 0.717) is 13.0 Å². The van der Waals surface area contributed by atoms with Gasteiger partial charge in [-0.2, -0.15) is 0 Å². The van der Waals surface area contributed by atoms with Crippen LogP contribution in [0, 0.1) is 0 Å². The maximum absolute atomic E-state index is 12.9. The molecule has 0 bridgehead atoms. The van der Waals surface area contributed by atoms with Crippen LogP contribution in [0.25, 0.3) is 0 Å². The lowest BCUT2D eigenvalue weighted by Crippen LogP contribution is -2.59. The maximum atomic E-state index is 12.9. The summed E-state index contributed by atoms with van der Waals surface area (Å²) in [6.45, 7) is 4.39. The molecule has 6 atom stereocenters. The third-order valence-electron chi connectivity index (χ3n) is 12.7. The molecule has 412 valence electrons. The lowest BCUT2D eigenvalue weighted by Gasteiger charge is -2.39. The van der Waals surface area contributed by atoms with Gasteiger partial charge < -0.3 is 39.4 Å². The van der Waals surface area contributed by atoms with E-state index in [-0.39, 0.29) is 25.6 Å². The van der Waals surface area contributed by atoms with Crippen LogP contribution in [0.3, 0.4) is 0 Å². The molecule has 6 unspecified atom stereocenters. The van der Waals surface area contributed by atoms with Gasteiger partial charge in [0.15, 0.2) is 6.29 Å². The summed E-state index contributed by atoms with van der Waals surface area (Å²) in [6, 6.07) is 0. The Morgan fingerprint density at radius 1 is 0.458 bits per heavy atom. The van der Waals surface area contributed by atoms with Crippen LogP contribution in [-0.4, -0.2) is 89.6 Å². The van der Waals surface area contributed by atoms with Crippen LogP contribution in [0.4, 0.5) is 0 Å². The maximum Gasteiger partial charge on any atom is 0.306 e. The molecule has 1 aliphatic rings. The summed E-state index contributed by atoms with van der Waals surface area (Å²) in [5, 5.41) is 40.4. The normalized spacial score (nSPS) is 19.6. The fourth-order valence-electron chi connectivity index (χ4n) is 8.21. The molecule has 0 radical (unpaired) electrons. The van der Waals surface area contributed by atoms with Gasteiger partial charge in [-0.1, -0.05) is 220 Å². The molecule has 9 heteroatoms. The number of carbonyl (C=O) groups is 1. The van der Waals surface area contributed by atoms with Gasteiger partial charge in [0.25, 0.3) is 0 Å². The molecule has 0 aromatic heterocycles. The van der Waals surface area contributed by atoms with Crippen molar-refractivity contribution < 1.29 is 44.2 Å². The van der Waals surface area contributed by atoms with Crippen molar-refractivity contribution in [3.05, 3.63) is 109 Å². The van der Waals surface area contributed by atoms with Crippen molar-refractivity contribution in [1.82, 2.24) is 0 Å². The first kappa shape index (κ1) is 66.9. The van der Waals surface area contributed by atoms with Crippen molar-refractivity contribution in [3.8, 4) is 0 Å². The van der Waals surface area contributed by atoms with E-state index >= 15 is 0 Å². The number of unbranched alkanes of at least 4 members (excludes halogenated alkanes) is 20. The van der Waals surface area contributed by atoms with E-state index < -0.39 is 43.4 Å². The zero-order chi connectivity index (χ0) is 52.1. The Morgan fingerprint density at radius 2 is 0.847 bits per heavy atom. The van der Waals surface area contributed by atoms with Crippen LogP contribution in [0.1, 0.15) is 219 Å². The first-order valence-corrected chi connectivity index (χ1v) is 29.0. The number of aliphatic hydroxyl groups is 4. The minimum absolute atomic E-state index is 0.123. The van der Waals surface area contributed by atoms with Gasteiger partial charge in [-0.05, 0) is 103 Å². The fraction of sp³-hybridized carbons (Fsp3) is 0.698. The van der Waals surface area contributed by atoms with Gasteiger partial charge in [0, 0.05) is 13.0 Å². The number of ether oxygens (including phenoxy) is 4. The van der Waals surface area contributed by atoms with Crippen molar-refractivity contribution >= 4 is 5.97 Å². The van der Waals surface area contributed by atoms with Gasteiger partial charge in [0.2, 0.25) is 0 Å². The van der Waals surface area contributed by atoms with Gasteiger partial charge in [0.05, 0.1) is 19.8 Å². The van der Waals surface area contributed by atoms with Gasteiger partial charge >= 0.3 is 5.97 Å². The van der Waals surface area contributed by atoms with Gasteiger partial charge in [-0.25, -0.2) is 0 Å². The SMILES string of the molecule is CC/C=C\C/C=C\C/C=C\C/C=C\C/C=C\C/C=C\C/C=C\CCCCCC(=O)OC(COCCCCCCCCCCCCCC/C=C\C/C=C\CCCCCCC)COC1OC(CO)C(O)C(O)C1O.